The van der Waals surface area contributed by atoms with Gasteiger partial charge in [0.1, 0.15) is 17.7 Å². The molecule has 0 bridgehead atoms. The number of halogens is 2. The number of benzene rings is 2. The number of hydrogen-bond acceptors (Lipinski definition) is 2. The summed E-state index contributed by atoms with van der Waals surface area (Å²) in [4.78, 5) is 0.963. The van der Waals surface area contributed by atoms with E-state index < -0.39 is 11.6 Å². The van der Waals surface area contributed by atoms with E-state index in [1.54, 1.807) is 12.1 Å². The minimum atomic E-state index is -0.621. The van der Waals surface area contributed by atoms with Crippen LogP contribution >= 0.6 is 11.8 Å². The molecule has 2 aromatic carbocycles. The van der Waals surface area contributed by atoms with Crippen LogP contribution < -0.4 is 0 Å². The molecule has 0 N–H and O–H groups in total. The largest absolute Gasteiger partial charge is 0.207 e. The van der Waals surface area contributed by atoms with Crippen LogP contribution in [0.4, 0.5) is 8.78 Å². The van der Waals surface area contributed by atoms with Crippen LogP contribution in [0.1, 0.15) is 11.1 Å². The van der Waals surface area contributed by atoms with E-state index in [9.17, 15) is 8.78 Å². The lowest BCUT2D eigenvalue weighted by Gasteiger charge is -2.06. The fourth-order valence-electron chi connectivity index (χ4n) is 1.50. The summed E-state index contributed by atoms with van der Waals surface area (Å²) in [5.41, 5.74) is 1.46. The van der Waals surface area contributed by atoms with Crippen molar-refractivity contribution in [3.8, 4) is 6.07 Å². The molecule has 0 aliphatic carbocycles. The van der Waals surface area contributed by atoms with Gasteiger partial charge in [0.25, 0.3) is 0 Å². The maximum Gasteiger partial charge on any atom is 0.140 e. The first kappa shape index (κ1) is 12.6. The van der Waals surface area contributed by atoms with Gasteiger partial charge >= 0.3 is 0 Å². The molecular weight excluding hydrogens is 252 g/mol. The third kappa shape index (κ3) is 2.69. The fraction of sp³-hybridized carbons (Fsp3) is 0.0714. The Kier molecular flexibility index (Phi) is 3.63. The van der Waals surface area contributed by atoms with Crippen molar-refractivity contribution in [2.75, 3.05) is 0 Å². The van der Waals surface area contributed by atoms with Gasteiger partial charge in [-0.3, -0.25) is 0 Å². The van der Waals surface area contributed by atoms with Crippen molar-refractivity contribution >= 4 is 11.8 Å². The van der Waals surface area contributed by atoms with Gasteiger partial charge in [-0.15, -0.1) is 0 Å². The van der Waals surface area contributed by atoms with Crippen molar-refractivity contribution in [3.05, 3.63) is 59.2 Å². The Morgan fingerprint density at radius 2 is 1.78 bits per heavy atom. The normalized spacial score (nSPS) is 10.1. The molecule has 0 saturated heterocycles. The van der Waals surface area contributed by atoms with Crippen molar-refractivity contribution < 1.29 is 8.78 Å². The van der Waals surface area contributed by atoms with Crippen LogP contribution in [0.5, 0.6) is 0 Å². The molecule has 0 fully saturated rings. The van der Waals surface area contributed by atoms with Crippen molar-refractivity contribution in [2.24, 2.45) is 0 Å². The van der Waals surface area contributed by atoms with Crippen molar-refractivity contribution in [1.82, 2.24) is 0 Å². The van der Waals surface area contributed by atoms with E-state index in [1.165, 1.54) is 12.1 Å². The fourth-order valence-corrected chi connectivity index (χ4v) is 2.38. The molecule has 2 aromatic rings. The predicted octanol–water partition coefficient (Wildman–Crippen LogP) is 4.30. The second-order valence-electron chi connectivity index (χ2n) is 3.79. The highest BCUT2D eigenvalue weighted by Gasteiger charge is 2.09. The second-order valence-corrected chi connectivity index (χ2v) is 4.87. The van der Waals surface area contributed by atoms with Crippen molar-refractivity contribution in [3.63, 3.8) is 0 Å². The summed E-state index contributed by atoms with van der Waals surface area (Å²) in [7, 11) is 0. The minimum Gasteiger partial charge on any atom is -0.207 e. The monoisotopic (exact) mass is 261 g/mol. The van der Waals surface area contributed by atoms with Crippen LogP contribution in [0.15, 0.2) is 46.2 Å². The third-order valence-electron chi connectivity index (χ3n) is 2.37. The first-order valence-corrected chi connectivity index (χ1v) is 6.05. The van der Waals surface area contributed by atoms with E-state index in [1.807, 2.05) is 13.0 Å². The number of aryl methyl sites for hydroxylation is 1. The van der Waals surface area contributed by atoms with Gasteiger partial charge in [-0.2, -0.15) is 5.26 Å². The molecule has 90 valence electrons. The molecule has 0 amide bonds. The summed E-state index contributed by atoms with van der Waals surface area (Å²) < 4.78 is 26.3. The molecule has 0 saturated carbocycles. The first-order chi connectivity index (χ1) is 8.60. The van der Waals surface area contributed by atoms with Crippen molar-refractivity contribution in [1.29, 1.82) is 5.26 Å². The third-order valence-corrected chi connectivity index (χ3v) is 3.50. The number of rotatable bonds is 2. The Morgan fingerprint density at radius 3 is 2.44 bits per heavy atom. The molecule has 0 atom stereocenters. The molecule has 4 heteroatoms. The number of hydrogen-bond donors (Lipinski definition) is 0. The van der Waals surface area contributed by atoms with Gasteiger partial charge in [0.15, 0.2) is 0 Å². The summed E-state index contributed by atoms with van der Waals surface area (Å²) in [6, 6.07) is 10.8. The Bertz CT molecular complexity index is 632. The lowest BCUT2D eigenvalue weighted by molar-refractivity contribution is 0.565. The SMILES string of the molecule is Cc1ccc(Sc2ccc(F)cc2F)c(C#N)c1. The topological polar surface area (TPSA) is 23.8 Å². The van der Waals surface area contributed by atoms with Gasteiger partial charge in [0.2, 0.25) is 0 Å². The summed E-state index contributed by atoms with van der Waals surface area (Å²) in [5, 5.41) is 9.02. The Balaban J connectivity index is 2.37. The Labute approximate surface area is 108 Å². The smallest absolute Gasteiger partial charge is 0.140 e. The predicted molar refractivity (Wildman–Crippen MR) is 66.4 cm³/mol. The highest BCUT2D eigenvalue weighted by Crippen LogP contribution is 2.32. The average Bonchev–Trinajstić information content (AvgIpc) is 2.34. The van der Waals surface area contributed by atoms with Crippen molar-refractivity contribution in [2.45, 2.75) is 16.7 Å². The van der Waals surface area contributed by atoms with Crippen LogP contribution in [0.3, 0.4) is 0 Å². The zero-order valence-corrected chi connectivity index (χ0v) is 10.4. The van der Waals surface area contributed by atoms with Crippen LogP contribution in [0, 0.1) is 29.9 Å². The van der Waals surface area contributed by atoms with Gasteiger partial charge in [-0.1, -0.05) is 17.8 Å². The molecule has 0 aliphatic heterocycles. The molecule has 0 heterocycles. The van der Waals surface area contributed by atoms with E-state index in [-0.39, 0.29) is 0 Å². The molecular formula is C14H9F2NS. The summed E-state index contributed by atoms with van der Waals surface area (Å²) in [5.74, 6) is -1.23. The maximum atomic E-state index is 13.5. The molecule has 0 aliphatic rings. The zero-order valence-electron chi connectivity index (χ0n) is 9.58. The Hall–Kier alpha value is -1.86. The zero-order chi connectivity index (χ0) is 13.1. The van der Waals surface area contributed by atoms with Gasteiger partial charge < -0.3 is 0 Å². The van der Waals surface area contributed by atoms with Gasteiger partial charge in [0, 0.05) is 15.9 Å². The standard InChI is InChI=1S/C14H9F2NS/c1-9-2-4-13(10(6-9)8-17)18-14-5-3-11(15)7-12(14)16/h2-7H,1H3. The van der Waals surface area contributed by atoms with Crippen LogP contribution in [-0.4, -0.2) is 0 Å². The first-order valence-electron chi connectivity index (χ1n) is 5.24. The van der Waals surface area contributed by atoms with E-state index in [0.29, 0.717) is 15.4 Å². The molecule has 0 aromatic heterocycles. The van der Waals surface area contributed by atoms with Crippen LogP contribution in [0.2, 0.25) is 0 Å². The molecule has 1 nitrogen and oxygen atoms in total. The molecule has 0 spiro atoms. The van der Waals surface area contributed by atoms with E-state index in [2.05, 4.69) is 6.07 Å². The average molecular weight is 261 g/mol. The Morgan fingerprint density at radius 1 is 1.06 bits per heavy atom. The lowest BCUT2D eigenvalue weighted by atomic mass is 10.2. The van der Waals surface area contributed by atoms with Gasteiger partial charge in [-0.25, -0.2) is 8.78 Å². The summed E-state index contributed by atoms with van der Waals surface area (Å²) in [6.45, 7) is 1.88. The quantitative estimate of drug-likeness (QED) is 0.805. The molecule has 2 rings (SSSR count). The molecule has 18 heavy (non-hydrogen) atoms. The van der Waals surface area contributed by atoms with E-state index in [4.69, 9.17) is 5.26 Å². The van der Waals surface area contributed by atoms with E-state index in [0.717, 1.165) is 23.4 Å². The minimum absolute atomic E-state index is 0.303. The number of nitrogens with zero attached hydrogens (tertiary/aromatic N) is 1. The summed E-state index contributed by atoms with van der Waals surface area (Å²) in [6.07, 6.45) is 0. The van der Waals surface area contributed by atoms with Crippen LogP contribution in [0.25, 0.3) is 0 Å². The second kappa shape index (κ2) is 5.19. The molecule has 0 unspecified atom stereocenters. The maximum absolute atomic E-state index is 13.5. The van der Waals surface area contributed by atoms with Crippen LogP contribution in [-0.2, 0) is 0 Å². The van der Waals surface area contributed by atoms with Gasteiger partial charge in [-0.05, 0) is 36.8 Å². The summed E-state index contributed by atoms with van der Waals surface area (Å²) >= 11 is 1.12. The number of nitriles is 1. The van der Waals surface area contributed by atoms with E-state index >= 15 is 0 Å². The van der Waals surface area contributed by atoms with Gasteiger partial charge in [0.05, 0.1) is 5.56 Å². The lowest BCUT2D eigenvalue weighted by Crippen LogP contribution is -1.87. The molecule has 0 radical (unpaired) electrons. The highest BCUT2D eigenvalue weighted by molar-refractivity contribution is 7.99. The highest BCUT2D eigenvalue weighted by atomic mass is 32.2.